The van der Waals surface area contributed by atoms with Gasteiger partial charge in [-0.3, -0.25) is 9.59 Å². The van der Waals surface area contributed by atoms with Crippen LogP contribution in [0.2, 0.25) is 0 Å². The summed E-state index contributed by atoms with van der Waals surface area (Å²) in [5.74, 6) is -0.638. The molecular weight excluding hydrogens is 548 g/mol. The van der Waals surface area contributed by atoms with Gasteiger partial charge in [0.15, 0.2) is 6.10 Å². The van der Waals surface area contributed by atoms with Gasteiger partial charge in [-0.05, 0) is 45.4 Å². The lowest BCUT2D eigenvalue weighted by Crippen LogP contribution is -2.28. The molecule has 0 aliphatic heterocycles. The maximum absolute atomic E-state index is 11.8. The van der Waals surface area contributed by atoms with Crippen LogP contribution in [-0.2, 0) is 19.1 Å². The number of hydrogen-bond donors (Lipinski definition) is 1. The number of hydrogen-bond acceptors (Lipinski definition) is 5. The average molecular weight is 625 g/mol. The van der Waals surface area contributed by atoms with E-state index in [-0.39, 0.29) is 25.2 Å². The highest BCUT2D eigenvalue weighted by Gasteiger charge is 2.16. The third kappa shape index (κ3) is 52.7. The Morgan fingerprint density at radius 3 is 1.32 bits per heavy atom. The van der Waals surface area contributed by atoms with Gasteiger partial charge >= 0.3 is 11.9 Å². The smallest absolute Gasteiger partial charge is 0.306 e. The van der Waals surface area contributed by atoms with E-state index in [0.717, 1.165) is 57.8 Å². The molecule has 262 valence electrons. The number of ether oxygens (including phenoxy) is 2. The fourth-order valence-electron chi connectivity index (χ4n) is 4.01. The largest absolute Gasteiger partial charge is 0.462 e. The summed E-state index contributed by atoms with van der Waals surface area (Å²) in [6.45, 7) is 21.1. The van der Waals surface area contributed by atoms with Crippen molar-refractivity contribution in [2.75, 3.05) is 13.2 Å². The summed E-state index contributed by atoms with van der Waals surface area (Å²) in [7, 11) is 0. The number of rotatable bonds is 27. The Balaban J connectivity index is -0.000000361. The molecule has 5 nitrogen and oxygen atoms in total. The second kappa shape index (κ2) is 48.0. The zero-order valence-electron chi connectivity index (χ0n) is 30.2. The summed E-state index contributed by atoms with van der Waals surface area (Å²) >= 11 is 0. The summed E-state index contributed by atoms with van der Waals surface area (Å²) in [6, 6.07) is 0. The Morgan fingerprint density at radius 1 is 0.591 bits per heavy atom. The normalized spacial score (nSPS) is 10.4. The number of carbonyl (C=O) groups is 2. The first-order valence-corrected chi connectivity index (χ1v) is 18.1. The Labute approximate surface area is 275 Å². The summed E-state index contributed by atoms with van der Waals surface area (Å²) < 4.78 is 10.3. The molecule has 0 amide bonds. The second-order valence-corrected chi connectivity index (χ2v) is 11.3. The summed E-state index contributed by atoms with van der Waals surface area (Å²) in [5.41, 5.74) is 0. The minimum atomic E-state index is -0.765. The van der Waals surface area contributed by atoms with Gasteiger partial charge in [0.25, 0.3) is 0 Å². The van der Waals surface area contributed by atoms with Crippen LogP contribution in [0.25, 0.3) is 0 Å². The van der Waals surface area contributed by atoms with Gasteiger partial charge in [-0.15, -0.1) is 19.7 Å². The summed E-state index contributed by atoms with van der Waals surface area (Å²) in [5, 5.41) is 9.28. The lowest BCUT2D eigenvalue weighted by Gasteiger charge is -2.15. The van der Waals surface area contributed by atoms with Gasteiger partial charge in [0, 0.05) is 12.8 Å². The summed E-state index contributed by atoms with van der Waals surface area (Å²) in [4.78, 5) is 23.4. The maximum Gasteiger partial charge on any atom is 0.306 e. The van der Waals surface area contributed by atoms with Gasteiger partial charge in [0.1, 0.15) is 6.61 Å². The lowest BCUT2D eigenvalue weighted by atomic mass is 10.1. The van der Waals surface area contributed by atoms with Gasteiger partial charge in [-0.25, -0.2) is 0 Å². The van der Waals surface area contributed by atoms with Gasteiger partial charge in [-0.2, -0.15) is 0 Å². The van der Waals surface area contributed by atoms with Crippen LogP contribution < -0.4 is 0 Å². The predicted molar refractivity (Wildman–Crippen MR) is 193 cm³/mol. The summed E-state index contributed by atoms with van der Waals surface area (Å²) in [6.07, 6.45) is 30.8. The Hall–Kier alpha value is -1.88. The van der Waals surface area contributed by atoms with Gasteiger partial charge in [0.05, 0.1) is 6.61 Å². The highest BCUT2D eigenvalue weighted by molar-refractivity contribution is 5.70. The van der Waals surface area contributed by atoms with Crippen LogP contribution in [0.3, 0.4) is 0 Å². The minimum absolute atomic E-state index is 0.0718. The van der Waals surface area contributed by atoms with E-state index in [0.29, 0.717) is 12.8 Å². The van der Waals surface area contributed by atoms with Gasteiger partial charge in [-0.1, -0.05) is 142 Å². The van der Waals surface area contributed by atoms with Crippen molar-refractivity contribution in [2.24, 2.45) is 0 Å². The molecule has 0 aromatic rings. The van der Waals surface area contributed by atoms with Crippen molar-refractivity contribution < 1.29 is 24.2 Å². The molecule has 0 aromatic carbocycles. The van der Waals surface area contributed by atoms with Crippen molar-refractivity contribution in [1.82, 2.24) is 0 Å². The predicted octanol–water partition coefficient (Wildman–Crippen LogP) is 12.0. The van der Waals surface area contributed by atoms with E-state index in [1.165, 1.54) is 77.0 Å². The van der Waals surface area contributed by atoms with Crippen molar-refractivity contribution in [3.8, 4) is 0 Å². The molecule has 0 fully saturated rings. The molecule has 0 rings (SSSR count). The number of aliphatic hydroxyl groups excluding tert-OH is 1. The molecule has 0 radical (unpaired) electrons. The first-order valence-electron chi connectivity index (χ1n) is 18.1. The lowest BCUT2D eigenvalue weighted by molar-refractivity contribution is -0.161. The van der Waals surface area contributed by atoms with Gasteiger partial charge in [0.2, 0.25) is 0 Å². The SMILES string of the molecule is C=CC.C=CCCCCCCCC.C=CCCCCCCCC(=O)OC(CO)COC(=O)CCCCCCC.CCCCC. The van der Waals surface area contributed by atoms with E-state index in [1.54, 1.807) is 6.08 Å². The number of allylic oxidation sites excluding steroid dienone is 3. The maximum atomic E-state index is 11.8. The van der Waals surface area contributed by atoms with Crippen molar-refractivity contribution in [3.63, 3.8) is 0 Å². The van der Waals surface area contributed by atoms with E-state index in [9.17, 15) is 14.7 Å². The first-order chi connectivity index (χ1) is 21.4. The minimum Gasteiger partial charge on any atom is -0.462 e. The van der Waals surface area contributed by atoms with E-state index >= 15 is 0 Å². The number of unbranched alkanes of at least 4 members (excludes halogenated alkanes) is 17. The fourth-order valence-corrected chi connectivity index (χ4v) is 4.01. The molecule has 44 heavy (non-hydrogen) atoms. The van der Waals surface area contributed by atoms with Crippen LogP contribution in [0.4, 0.5) is 0 Å². The molecule has 1 unspecified atom stereocenters. The molecule has 0 aromatic heterocycles. The number of aliphatic hydroxyl groups is 1. The molecular formula is C39H76O5. The molecule has 0 spiro atoms. The average Bonchev–Trinajstić information content (AvgIpc) is 3.02. The molecule has 0 aliphatic rings. The molecule has 0 bridgehead atoms. The van der Waals surface area contributed by atoms with Crippen LogP contribution in [0.1, 0.15) is 182 Å². The number of esters is 2. The van der Waals surface area contributed by atoms with Crippen LogP contribution in [0.15, 0.2) is 38.0 Å². The van der Waals surface area contributed by atoms with Gasteiger partial charge < -0.3 is 14.6 Å². The Bertz CT molecular complexity index is 585. The van der Waals surface area contributed by atoms with E-state index in [1.807, 2.05) is 19.1 Å². The monoisotopic (exact) mass is 625 g/mol. The standard InChI is InChI=1S/C21H38O5.C10H20.C5H12.C3H6/c1-3-5-7-9-10-12-14-16-21(24)26-19(17-22)18-25-20(23)15-13-11-8-6-4-2;1-3-5-7-9-10-8-6-4-2;1-3-5-4-2;1-3-2/h3,19,22H,1,4-18H2,2H3;3H,1,4-10H2,2H3;3-5H2,1-2H3;3H,1H2,2H3. The first kappa shape index (κ1) is 49.0. The van der Waals surface area contributed by atoms with Crippen molar-refractivity contribution >= 4 is 11.9 Å². The van der Waals surface area contributed by atoms with E-state index in [2.05, 4.69) is 47.4 Å². The van der Waals surface area contributed by atoms with Crippen molar-refractivity contribution in [2.45, 2.75) is 188 Å². The van der Waals surface area contributed by atoms with Crippen LogP contribution in [0, 0.1) is 0 Å². The zero-order valence-corrected chi connectivity index (χ0v) is 30.2. The zero-order chi connectivity index (χ0) is 33.9. The highest BCUT2D eigenvalue weighted by atomic mass is 16.6. The molecule has 0 heterocycles. The van der Waals surface area contributed by atoms with Crippen LogP contribution >= 0.6 is 0 Å². The third-order valence-electron chi connectivity index (χ3n) is 6.67. The second-order valence-electron chi connectivity index (χ2n) is 11.3. The fraction of sp³-hybridized carbons (Fsp3) is 0.795. The topological polar surface area (TPSA) is 72.8 Å². The van der Waals surface area contributed by atoms with Crippen molar-refractivity contribution in [3.05, 3.63) is 38.0 Å². The molecule has 1 atom stereocenters. The molecule has 0 aliphatic carbocycles. The third-order valence-corrected chi connectivity index (χ3v) is 6.67. The Kier molecular flexibility index (Phi) is 53.5. The Morgan fingerprint density at radius 2 is 0.955 bits per heavy atom. The van der Waals surface area contributed by atoms with E-state index < -0.39 is 6.10 Å². The molecule has 0 saturated heterocycles. The highest BCUT2D eigenvalue weighted by Crippen LogP contribution is 2.10. The van der Waals surface area contributed by atoms with Crippen molar-refractivity contribution in [1.29, 1.82) is 0 Å². The van der Waals surface area contributed by atoms with Crippen LogP contribution in [0.5, 0.6) is 0 Å². The molecule has 1 N–H and O–H groups in total. The quantitative estimate of drug-likeness (QED) is 0.0559. The molecule has 0 saturated carbocycles. The van der Waals surface area contributed by atoms with E-state index in [4.69, 9.17) is 9.47 Å². The molecule has 5 heteroatoms. The number of carbonyl (C=O) groups excluding carboxylic acids is 2. The van der Waals surface area contributed by atoms with Crippen LogP contribution in [-0.4, -0.2) is 36.4 Å².